The van der Waals surface area contributed by atoms with Crippen LogP contribution in [0.2, 0.25) is 0 Å². The summed E-state index contributed by atoms with van der Waals surface area (Å²) >= 11 is 1.85. The van der Waals surface area contributed by atoms with Gasteiger partial charge in [0.15, 0.2) is 5.58 Å². The molecule has 0 bridgehead atoms. The van der Waals surface area contributed by atoms with Gasteiger partial charge in [0.25, 0.3) is 0 Å². The number of anilines is 3. The van der Waals surface area contributed by atoms with Crippen LogP contribution in [0.1, 0.15) is 0 Å². The largest absolute Gasteiger partial charge is 0.453 e. The Morgan fingerprint density at radius 3 is 1.81 bits per heavy atom. The number of furan rings is 1. The Labute approximate surface area is 310 Å². The van der Waals surface area contributed by atoms with Crippen molar-refractivity contribution in [2.45, 2.75) is 0 Å². The molecule has 0 saturated carbocycles. The van der Waals surface area contributed by atoms with Crippen molar-refractivity contribution in [1.82, 2.24) is 0 Å². The molecular formula is C50H31NOS. The van der Waals surface area contributed by atoms with Crippen LogP contribution in [-0.4, -0.2) is 0 Å². The molecule has 0 amide bonds. The van der Waals surface area contributed by atoms with Crippen LogP contribution in [0.3, 0.4) is 0 Å². The highest BCUT2D eigenvalue weighted by molar-refractivity contribution is 7.26. The van der Waals surface area contributed by atoms with Gasteiger partial charge in [0.2, 0.25) is 0 Å². The van der Waals surface area contributed by atoms with Gasteiger partial charge in [-0.3, -0.25) is 0 Å². The van der Waals surface area contributed by atoms with Crippen LogP contribution in [-0.2, 0) is 0 Å². The molecule has 0 unspecified atom stereocenters. The summed E-state index contributed by atoms with van der Waals surface area (Å²) in [5, 5.41) is 9.80. The maximum Gasteiger partial charge on any atom is 0.159 e. The highest BCUT2D eigenvalue weighted by Gasteiger charge is 2.23. The Hall–Kier alpha value is -6.68. The third-order valence-corrected chi connectivity index (χ3v) is 11.9. The van der Waals surface area contributed by atoms with Crippen LogP contribution in [0.15, 0.2) is 192 Å². The second-order valence-corrected chi connectivity index (χ2v) is 14.7. The Kier molecular flexibility index (Phi) is 6.76. The van der Waals surface area contributed by atoms with Crippen LogP contribution < -0.4 is 4.90 Å². The highest BCUT2D eigenvalue weighted by atomic mass is 32.1. The minimum Gasteiger partial charge on any atom is -0.453 e. The van der Waals surface area contributed by atoms with Gasteiger partial charge in [-0.05, 0) is 74.6 Å². The first-order valence-corrected chi connectivity index (χ1v) is 18.8. The summed E-state index contributed by atoms with van der Waals surface area (Å²) in [6, 6.07) is 67.8. The van der Waals surface area contributed by atoms with Gasteiger partial charge in [0.05, 0.1) is 16.1 Å². The van der Waals surface area contributed by atoms with Crippen LogP contribution in [0.25, 0.3) is 85.9 Å². The van der Waals surface area contributed by atoms with Crippen LogP contribution in [0, 0.1) is 0 Å². The first kappa shape index (κ1) is 30.0. The molecule has 0 aliphatic rings. The molecule has 11 rings (SSSR count). The highest BCUT2D eigenvalue weighted by Crippen LogP contribution is 2.48. The molecule has 248 valence electrons. The van der Waals surface area contributed by atoms with Crippen molar-refractivity contribution in [2.75, 3.05) is 4.90 Å². The van der Waals surface area contributed by atoms with Gasteiger partial charge in [0, 0.05) is 37.5 Å². The second-order valence-electron chi connectivity index (χ2n) is 13.6. The van der Waals surface area contributed by atoms with Crippen molar-refractivity contribution in [1.29, 1.82) is 0 Å². The Bertz CT molecular complexity index is 3170. The molecule has 3 heteroatoms. The van der Waals surface area contributed by atoms with E-state index in [1.54, 1.807) is 0 Å². The SMILES string of the molecule is c1ccc(-c2cccc3c2oc2c(N(c4ccc(-c5cc6ccccc6c6ccccc56)cc4)c4cccc5c4sc4ccccc45)cccc23)cc1. The molecule has 0 fully saturated rings. The number of hydrogen-bond donors (Lipinski definition) is 0. The number of benzene rings is 9. The van der Waals surface area contributed by atoms with Crippen molar-refractivity contribution < 1.29 is 4.42 Å². The maximum atomic E-state index is 7.01. The quantitative estimate of drug-likeness (QED) is 0.167. The average Bonchev–Trinajstić information content (AvgIpc) is 3.81. The van der Waals surface area contributed by atoms with Gasteiger partial charge >= 0.3 is 0 Å². The lowest BCUT2D eigenvalue weighted by atomic mass is 9.93. The molecule has 0 aliphatic carbocycles. The molecule has 0 spiro atoms. The number of thiophene rings is 1. The van der Waals surface area contributed by atoms with Gasteiger partial charge in [-0.15, -0.1) is 11.3 Å². The molecule has 2 heterocycles. The summed E-state index contributed by atoms with van der Waals surface area (Å²) < 4.78 is 9.54. The summed E-state index contributed by atoms with van der Waals surface area (Å²) in [6.45, 7) is 0. The minimum absolute atomic E-state index is 0.869. The normalized spacial score (nSPS) is 11.8. The van der Waals surface area contributed by atoms with E-state index in [0.29, 0.717) is 0 Å². The molecule has 0 saturated heterocycles. The number of hydrogen-bond acceptors (Lipinski definition) is 3. The molecule has 0 N–H and O–H groups in total. The van der Waals surface area contributed by atoms with Crippen molar-refractivity contribution in [3.05, 3.63) is 188 Å². The summed E-state index contributed by atoms with van der Waals surface area (Å²) in [5.74, 6) is 0. The number of nitrogens with zero attached hydrogens (tertiary/aromatic N) is 1. The average molecular weight is 694 g/mol. The fourth-order valence-electron chi connectivity index (χ4n) is 8.23. The first-order valence-electron chi connectivity index (χ1n) is 18.0. The zero-order chi connectivity index (χ0) is 34.9. The van der Waals surface area contributed by atoms with Gasteiger partial charge in [-0.25, -0.2) is 0 Å². The van der Waals surface area contributed by atoms with E-state index < -0.39 is 0 Å². The van der Waals surface area contributed by atoms with E-state index in [1.807, 2.05) is 11.3 Å². The number of rotatable bonds is 5. The molecule has 9 aromatic carbocycles. The fraction of sp³-hybridized carbons (Fsp3) is 0. The number of fused-ring (bicyclic) bond motifs is 9. The van der Waals surface area contributed by atoms with Crippen LogP contribution >= 0.6 is 11.3 Å². The zero-order valence-corrected chi connectivity index (χ0v) is 29.5. The fourth-order valence-corrected chi connectivity index (χ4v) is 9.43. The lowest BCUT2D eigenvalue weighted by Crippen LogP contribution is -2.10. The van der Waals surface area contributed by atoms with E-state index in [1.165, 1.54) is 52.8 Å². The molecule has 0 radical (unpaired) electrons. The molecule has 2 aromatic heterocycles. The van der Waals surface area contributed by atoms with Crippen molar-refractivity contribution in [3.63, 3.8) is 0 Å². The Morgan fingerprint density at radius 1 is 0.377 bits per heavy atom. The molecule has 0 atom stereocenters. The lowest BCUT2D eigenvalue weighted by Gasteiger charge is -2.26. The minimum atomic E-state index is 0.869. The topological polar surface area (TPSA) is 16.4 Å². The third-order valence-electron chi connectivity index (χ3n) is 10.7. The zero-order valence-electron chi connectivity index (χ0n) is 28.7. The predicted molar refractivity (Wildman–Crippen MR) is 227 cm³/mol. The van der Waals surface area contributed by atoms with E-state index >= 15 is 0 Å². The van der Waals surface area contributed by atoms with Crippen LogP contribution in [0.4, 0.5) is 17.1 Å². The van der Waals surface area contributed by atoms with E-state index in [0.717, 1.165) is 50.1 Å². The third kappa shape index (κ3) is 4.71. The van der Waals surface area contributed by atoms with Crippen molar-refractivity contribution in [3.8, 4) is 22.3 Å². The molecule has 2 nitrogen and oxygen atoms in total. The van der Waals surface area contributed by atoms with Gasteiger partial charge in [0.1, 0.15) is 5.58 Å². The Morgan fingerprint density at radius 2 is 0.981 bits per heavy atom. The standard InChI is InChI=1S/C50H31NOS/c1-2-13-32(14-3-1)37-20-10-21-41-42-22-11-24-45(49(42)52-48(37)41)51(46-25-12-23-43-40-19-8-9-26-47(40)53-50(43)46)35-29-27-33(28-30-35)44-31-34-15-4-5-16-36(34)38-17-6-7-18-39(38)44/h1-31H. The smallest absolute Gasteiger partial charge is 0.159 e. The lowest BCUT2D eigenvalue weighted by molar-refractivity contribution is 0.670. The van der Waals surface area contributed by atoms with Crippen molar-refractivity contribution in [2.24, 2.45) is 0 Å². The van der Waals surface area contributed by atoms with Crippen LogP contribution in [0.5, 0.6) is 0 Å². The molecule has 0 aliphatic heterocycles. The summed E-state index contributed by atoms with van der Waals surface area (Å²) in [5.41, 5.74) is 9.63. The molecular weight excluding hydrogens is 663 g/mol. The van der Waals surface area contributed by atoms with Gasteiger partial charge < -0.3 is 9.32 Å². The summed E-state index contributed by atoms with van der Waals surface area (Å²) in [4.78, 5) is 2.40. The maximum absolute atomic E-state index is 7.01. The van der Waals surface area contributed by atoms with Gasteiger partial charge in [-0.1, -0.05) is 152 Å². The van der Waals surface area contributed by atoms with E-state index in [2.05, 4.69) is 193 Å². The Balaban J connectivity index is 1.15. The molecule has 11 aromatic rings. The molecule has 53 heavy (non-hydrogen) atoms. The van der Waals surface area contributed by atoms with Gasteiger partial charge in [-0.2, -0.15) is 0 Å². The summed E-state index contributed by atoms with van der Waals surface area (Å²) in [7, 11) is 0. The summed E-state index contributed by atoms with van der Waals surface area (Å²) in [6.07, 6.45) is 0. The second kappa shape index (κ2) is 11.9. The number of para-hydroxylation sites is 2. The predicted octanol–water partition coefficient (Wildman–Crippen LogP) is 15.1. The van der Waals surface area contributed by atoms with E-state index in [4.69, 9.17) is 4.42 Å². The van der Waals surface area contributed by atoms with E-state index in [-0.39, 0.29) is 0 Å². The first-order chi connectivity index (χ1) is 26.3. The monoisotopic (exact) mass is 693 g/mol. The van der Waals surface area contributed by atoms with E-state index in [9.17, 15) is 0 Å². The van der Waals surface area contributed by atoms with Crippen molar-refractivity contribution >= 4 is 92.1 Å².